The molecule has 27 heavy (non-hydrogen) atoms. The van der Waals surface area contributed by atoms with Crippen molar-refractivity contribution in [3.63, 3.8) is 0 Å². The number of hydrogen-bond acceptors (Lipinski definition) is 5. The van der Waals surface area contributed by atoms with Crippen molar-refractivity contribution in [2.45, 2.75) is 19.8 Å². The van der Waals surface area contributed by atoms with E-state index in [0.29, 0.717) is 24.3 Å². The average Bonchev–Trinajstić information content (AvgIpc) is 2.65. The monoisotopic (exact) mass is 370 g/mol. The van der Waals surface area contributed by atoms with E-state index < -0.39 is 17.8 Å². The number of ether oxygens (including phenoxy) is 2. The van der Waals surface area contributed by atoms with E-state index >= 15 is 0 Å². The average molecular weight is 370 g/mol. The second-order valence-electron chi connectivity index (χ2n) is 5.92. The molecule has 0 aromatic heterocycles. The number of amides is 2. The maximum Gasteiger partial charge on any atom is 0.306 e. The van der Waals surface area contributed by atoms with Crippen molar-refractivity contribution in [1.82, 2.24) is 0 Å². The molecule has 0 radical (unpaired) electrons. The van der Waals surface area contributed by atoms with Gasteiger partial charge in [-0.05, 0) is 49.7 Å². The van der Waals surface area contributed by atoms with Crippen LogP contribution < -0.4 is 15.8 Å². The van der Waals surface area contributed by atoms with Gasteiger partial charge in [-0.25, -0.2) is 0 Å². The normalized spacial score (nSPS) is 10.1. The fraction of sp³-hybridized carbons (Fsp3) is 0.250. The van der Waals surface area contributed by atoms with E-state index in [9.17, 15) is 14.4 Å². The summed E-state index contributed by atoms with van der Waals surface area (Å²) in [5, 5.41) is 2.56. The van der Waals surface area contributed by atoms with Crippen molar-refractivity contribution in [1.29, 1.82) is 0 Å². The Kier molecular flexibility index (Phi) is 7.37. The minimum Gasteiger partial charge on any atom is -0.494 e. The van der Waals surface area contributed by atoms with Crippen LogP contribution in [0.15, 0.2) is 48.5 Å². The number of rotatable bonds is 9. The van der Waals surface area contributed by atoms with E-state index in [1.165, 1.54) is 12.1 Å². The third-order valence-electron chi connectivity index (χ3n) is 3.63. The minimum absolute atomic E-state index is 0.159. The molecule has 142 valence electrons. The van der Waals surface area contributed by atoms with Crippen molar-refractivity contribution >= 4 is 23.5 Å². The summed E-state index contributed by atoms with van der Waals surface area (Å²) in [7, 11) is 0. The van der Waals surface area contributed by atoms with Gasteiger partial charge in [0.25, 0.3) is 5.91 Å². The highest BCUT2D eigenvalue weighted by Crippen LogP contribution is 2.12. The van der Waals surface area contributed by atoms with Crippen LogP contribution in [0.3, 0.4) is 0 Å². The minimum atomic E-state index is -0.548. The largest absolute Gasteiger partial charge is 0.494 e. The number of nitrogens with one attached hydrogen (secondary N) is 1. The molecule has 2 amide bonds. The molecule has 2 aromatic rings. The number of aryl methyl sites for hydroxylation is 1. The van der Waals surface area contributed by atoms with Crippen LogP contribution in [0, 0.1) is 6.92 Å². The molecule has 7 heteroatoms. The molecule has 7 nitrogen and oxygen atoms in total. The predicted octanol–water partition coefficient (Wildman–Crippen LogP) is 2.43. The lowest BCUT2D eigenvalue weighted by atomic mass is 10.2. The van der Waals surface area contributed by atoms with Gasteiger partial charge in [0.15, 0.2) is 6.61 Å². The van der Waals surface area contributed by atoms with Crippen LogP contribution >= 0.6 is 0 Å². The summed E-state index contributed by atoms with van der Waals surface area (Å²) in [6.07, 6.45) is 0.648. The lowest BCUT2D eigenvalue weighted by molar-refractivity contribution is -0.147. The summed E-state index contributed by atoms with van der Waals surface area (Å²) in [5.74, 6) is -0.739. The molecule has 0 bridgehead atoms. The molecular formula is C20H22N2O5. The summed E-state index contributed by atoms with van der Waals surface area (Å²) in [6.45, 7) is 2.00. The first-order valence-corrected chi connectivity index (χ1v) is 8.49. The van der Waals surface area contributed by atoms with Gasteiger partial charge in [0, 0.05) is 17.7 Å². The van der Waals surface area contributed by atoms with Crippen LogP contribution in [-0.2, 0) is 14.3 Å². The molecular weight excluding hydrogens is 348 g/mol. The van der Waals surface area contributed by atoms with Gasteiger partial charge in [-0.2, -0.15) is 0 Å². The van der Waals surface area contributed by atoms with E-state index in [1.54, 1.807) is 12.1 Å². The van der Waals surface area contributed by atoms with E-state index in [2.05, 4.69) is 5.32 Å². The molecule has 2 aromatic carbocycles. The predicted molar refractivity (Wildman–Crippen MR) is 100 cm³/mol. The third-order valence-corrected chi connectivity index (χ3v) is 3.63. The van der Waals surface area contributed by atoms with Gasteiger partial charge in [0.2, 0.25) is 5.91 Å². The Morgan fingerprint density at radius 1 is 1.00 bits per heavy atom. The number of carbonyl (C=O) groups is 3. The number of primary amides is 1. The zero-order valence-corrected chi connectivity index (χ0v) is 15.1. The molecule has 0 aliphatic rings. The van der Waals surface area contributed by atoms with Crippen LogP contribution in [0.2, 0.25) is 0 Å². The molecule has 0 aliphatic carbocycles. The van der Waals surface area contributed by atoms with Gasteiger partial charge in [0.05, 0.1) is 6.61 Å². The summed E-state index contributed by atoms with van der Waals surface area (Å²) in [5.41, 5.74) is 7.11. The first kappa shape index (κ1) is 20.0. The molecule has 0 heterocycles. The number of benzene rings is 2. The topological polar surface area (TPSA) is 108 Å². The fourth-order valence-electron chi connectivity index (χ4n) is 2.17. The van der Waals surface area contributed by atoms with Gasteiger partial charge in [-0.3, -0.25) is 14.4 Å². The number of carbonyl (C=O) groups excluding carboxylic acids is 3. The molecule has 0 unspecified atom stereocenters. The Hall–Kier alpha value is -3.35. The first-order valence-electron chi connectivity index (χ1n) is 8.49. The Morgan fingerprint density at radius 2 is 1.67 bits per heavy atom. The molecule has 3 N–H and O–H groups in total. The second-order valence-corrected chi connectivity index (χ2v) is 5.92. The Balaban J connectivity index is 1.62. The number of esters is 1. The van der Waals surface area contributed by atoms with Crippen molar-refractivity contribution in [2.75, 3.05) is 18.5 Å². The molecule has 0 atom stereocenters. The highest BCUT2D eigenvalue weighted by Gasteiger charge is 2.08. The van der Waals surface area contributed by atoms with Gasteiger partial charge < -0.3 is 20.5 Å². The number of anilines is 1. The zero-order valence-electron chi connectivity index (χ0n) is 15.1. The van der Waals surface area contributed by atoms with Crippen LogP contribution in [-0.4, -0.2) is 31.0 Å². The van der Waals surface area contributed by atoms with E-state index in [-0.39, 0.29) is 13.0 Å². The van der Waals surface area contributed by atoms with Gasteiger partial charge >= 0.3 is 5.97 Å². The molecule has 2 rings (SSSR count). The molecule has 0 fully saturated rings. The standard InChI is InChI=1S/C20H22N2O5/c1-14-4-10-17(11-5-14)26-12-2-3-19(24)27-13-18(23)22-16-8-6-15(7-9-16)20(21)25/h4-11H,2-3,12-13H2,1H3,(H2,21,25)(H,22,23). The quantitative estimate of drug-likeness (QED) is 0.521. The van der Waals surface area contributed by atoms with Crippen molar-refractivity contribution in [2.24, 2.45) is 5.73 Å². The van der Waals surface area contributed by atoms with Crippen LogP contribution in [0.25, 0.3) is 0 Å². The van der Waals surface area contributed by atoms with Crippen molar-refractivity contribution < 1.29 is 23.9 Å². The lowest BCUT2D eigenvalue weighted by Gasteiger charge is -2.08. The third kappa shape index (κ3) is 7.19. The molecule has 0 spiro atoms. The molecule has 0 saturated carbocycles. The molecule has 0 aliphatic heterocycles. The highest BCUT2D eigenvalue weighted by molar-refractivity contribution is 5.95. The van der Waals surface area contributed by atoms with Gasteiger partial charge in [-0.15, -0.1) is 0 Å². The smallest absolute Gasteiger partial charge is 0.306 e. The summed E-state index contributed by atoms with van der Waals surface area (Å²) < 4.78 is 10.4. The maximum atomic E-state index is 11.8. The number of hydrogen-bond donors (Lipinski definition) is 2. The summed E-state index contributed by atoms with van der Waals surface area (Å²) in [4.78, 5) is 34.4. The summed E-state index contributed by atoms with van der Waals surface area (Å²) >= 11 is 0. The molecule has 0 saturated heterocycles. The Bertz CT molecular complexity index is 785. The van der Waals surface area contributed by atoms with E-state index in [1.807, 2.05) is 31.2 Å². The zero-order chi connectivity index (χ0) is 19.6. The first-order chi connectivity index (χ1) is 12.9. The highest BCUT2D eigenvalue weighted by atomic mass is 16.5. The van der Waals surface area contributed by atoms with E-state index in [0.717, 1.165) is 11.3 Å². The van der Waals surface area contributed by atoms with Crippen LogP contribution in [0.4, 0.5) is 5.69 Å². The van der Waals surface area contributed by atoms with E-state index in [4.69, 9.17) is 15.2 Å². The summed E-state index contributed by atoms with van der Waals surface area (Å²) in [6, 6.07) is 13.7. The van der Waals surface area contributed by atoms with Crippen LogP contribution in [0.5, 0.6) is 5.75 Å². The lowest BCUT2D eigenvalue weighted by Crippen LogP contribution is -2.21. The maximum absolute atomic E-state index is 11.8. The fourth-order valence-corrected chi connectivity index (χ4v) is 2.17. The SMILES string of the molecule is Cc1ccc(OCCCC(=O)OCC(=O)Nc2ccc(C(N)=O)cc2)cc1. The van der Waals surface area contributed by atoms with Crippen LogP contribution in [0.1, 0.15) is 28.8 Å². The Morgan fingerprint density at radius 3 is 2.30 bits per heavy atom. The van der Waals surface area contributed by atoms with Crippen molar-refractivity contribution in [3.8, 4) is 5.75 Å². The Labute approximate surface area is 157 Å². The van der Waals surface area contributed by atoms with Gasteiger partial charge in [0.1, 0.15) is 5.75 Å². The number of nitrogens with two attached hydrogens (primary N) is 1. The van der Waals surface area contributed by atoms with Crippen molar-refractivity contribution in [3.05, 3.63) is 59.7 Å². The van der Waals surface area contributed by atoms with Gasteiger partial charge in [-0.1, -0.05) is 17.7 Å². The second kappa shape index (κ2) is 9.96.